The first kappa shape index (κ1) is 35.9. The number of hydrogen-bond acceptors (Lipinski definition) is 8. The van der Waals surface area contributed by atoms with E-state index in [1.807, 2.05) is 0 Å². The Balaban J connectivity index is 4.13. The van der Waals surface area contributed by atoms with E-state index >= 15 is 0 Å². The van der Waals surface area contributed by atoms with Gasteiger partial charge in [-0.3, -0.25) is 18.9 Å². The van der Waals surface area contributed by atoms with Crippen LogP contribution in [0, 0.1) is 0 Å². The van der Waals surface area contributed by atoms with E-state index in [4.69, 9.17) is 24.4 Å². The Morgan fingerprint density at radius 1 is 0.711 bits per heavy atom. The van der Waals surface area contributed by atoms with E-state index in [0.717, 1.165) is 25.3 Å². The minimum Gasteiger partial charge on any atom is -0.478 e. The maximum Gasteiger partial charge on any atom is 0.469 e. The lowest BCUT2D eigenvalue weighted by Crippen LogP contribution is -2.29. The SMILES string of the molecule is CCCCCCCCCCCCCCCC(=O)OC[C@H](COP(=O)(O)O)OC(=O)CCC(=O)/C=C/C(=O)O. The number of hydrogen-bond donors (Lipinski definition) is 3. The zero-order valence-electron chi connectivity index (χ0n) is 22.5. The molecular weight excluding hydrogens is 519 g/mol. The molecule has 220 valence electrons. The van der Waals surface area contributed by atoms with Crippen LogP contribution in [-0.2, 0) is 37.7 Å². The maximum absolute atomic E-state index is 12.0. The fourth-order valence-electron chi connectivity index (χ4n) is 3.56. The number of phosphoric acid groups is 1. The Morgan fingerprint density at radius 2 is 1.24 bits per heavy atom. The minimum absolute atomic E-state index is 0.169. The van der Waals surface area contributed by atoms with Crippen LogP contribution in [0.25, 0.3) is 0 Å². The number of allylic oxidation sites excluding steroid dienone is 1. The molecule has 0 aliphatic heterocycles. The largest absolute Gasteiger partial charge is 0.478 e. The summed E-state index contributed by atoms with van der Waals surface area (Å²) in [6.07, 6.45) is 14.9. The number of carbonyl (C=O) groups is 4. The van der Waals surface area contributed by atoms with Crippen molar-refractivity contribution in [3.8, 4) is 0 Å². The Hall–Kier alpha value is -2.07. The summed E-state index contributed by atoms with van der Waals surface area (Å²) in [5.41, 5.74) is 0. The summed E-state index contributed by atoms with van der Waals surface area (Å²) in [6.45, 7) is 1.04. The topological polar surface area (TPSA) is 174 Å². The van der Waals surface area contributed by atoms with Gasteiger partial charge < -0.3 is 24.4 Å². The highest BCUT2D eigenvalue weighted by Gasteiger charge is 2.23. The molecule has 0 unspecified atom stereocenters. The average molecular weight is 565 g/mol. The first-order valence-electron chi connectivity index (χ1n) is 13.5. The third-order valence-corrected chi connectivity index (χ3v) is 6.11. The van der Waals surface area contributed by atoms with Crippen LogP contribution in [0.15, 0.2) is 12.2 Å². The van der Waals surface area contributed by atoms with Crippen LogP contribution in [0.1, 0.15) is 110 Å². The van der Waals surface area contributed by atoms with Gasteiger partial charge in [0.2, 0.25) is 0 Å². The molecule has 0 spiro atoms. The van der Waals surface area contributed by atoms with Gasteiger partial charge in [0, 0.05) is 18.9 Å². The minimum atomic E-state index is -4.85. The molecule has 0 aromatic heterocycles. The number of ether oxygens (including phenoxy) is 2. The second-order valence-electron chi connectivity index (χ2n) is 9.21. The molecule has 0 aromatic rings. The van der Waals surface area contributed by atoms with Crippen molar-refractivity contribution < 1.29 is 52.6 Å². The van der Waals surface area contributed by atoms with E-state index in [1.165, 1.54) is 57.8 Å². The van der Waals surface area contributed by atoms with Gasteiger partial charge >= 0.3 is 25.7 Å². The second kappa shape index (κ2) is 22.9. The number of unbranched alkanes of at least 4 members (excludes halogenated alkanes) is 12. The van der Waals surface area contributed by atoms with Crippen LogP contribution >= 0.6 is 7.82 Å². The standard InChI is InChI=1S/C26H45O11P/c1-2-3-4-5-6-7-8-9-10-11-12-13-14-15-25(30)35-20-23(21-36-38(32,33)34)37-26(31)19-17-22(27)16-18-24(28)29/h16,18,23H,2-15,17,19-21H2,1H3,(H,28,29)(H2,32,33,34)/b18-16+/t23-/m1/s1. The van der Waals surface area contributed by atoms with Crippen molar-refractivity contribution in [2.75, 3.05) is 13.2 Å². The van der Waals surface area contributed by atoms with Crippen molar-refractivity contribution in [1.29, 1.82) is 0 Å². The summed E-state index contributed by atoms with van der Waals surface area (Å²) < 4.78 is 25.4. The zero-order valence-corrected chi connectivity index (χ0v) is 23.4. The quantitative estimate of drug-likeness (QED) is 0.0587. The lowest BCUT2D eigenvalue weighted by molar-refractivity contribution is -0.161. The molecule has 0 bridgehead atoms. The third-order valence-electron chi connectivity index (χ3n) is 5.63. The number of carbonyl (C=O) groups excluding carboxylic acids is 3. The van der Waals surface area contributed by atoms with Gasteiger partial charge in [-0.25, -0.2) is 9.36 Å². The third kappa shape index (κ3) is 25.6. The van der Waals surface area contributed by atoms with Gasteiger partial charge in [0.1, 0.15) is 6.61 Å². The number of ketones is 1. The fraction of sp³-hybridized carbons (Fsp3) is 0.769. The first-order chi connectivity index (χ1) is 18.0. The van der Waals surface area contributed by atoms with Gasteiger partial charge in [-0.05, 0) is 12.5 Å². The highest BCUT2D eigenvalue weighted by atomic mass is 31.2. The molecule has 12 heteroatoms. The molecular formula is C26H45O11P. The predicted octanol–water partition coefficient (Wildman–Crippen LogP) is 5.02. The van der Waals surface area contributed by atoms with Gasteiger partial charge in [-0.15, -0.1) is 0 Å². The molecule has 0 fully saturated rings. The molecule has 0 heterocycles. The van der Waals surface area contributed by atoms with E-state index < -0.39 is 57.3 Å². The Labute approximate surface area is 225 Å². The van der Waals surface area contributed by atoms with Crippen LogP contribution in [0.5, 0.6) is 0 Å². The molecule has 38 heavy (non-hydrogen) atoms. The van der Waals surface area contributed by atoms with Crippen molar-refractivity contribution in [2.45, 2.75) is 116 Å². The van der Waals surface area contributed by atoms with E-state index in [0.29, 0.717) is 12.5 Å². The van der Waals surface area contributed by atoms with Crippen LogP contribution in [0.4, 0.5) is 0 Å². The van der Waals surface area contributed by atoms with Gasteiger partial charge in [0.25, 0.3) is 0 Å². The van der Waals surface area contributed by atoms with Crippen molar-refractivity contribution in [1.82, 2.24) is 0 Å². The van der Waals surface area contributed by atoms with Gasteiger partial charge in [0.15, 0.2) is 11.9 Å². The molecule has 0 aliphatic carbocycles. The van der Waals surface area contributed by atoms with Gasteiger partial charge in [-0.1, -0.05) is 84.0 Å². The molecule has 0 amide bonds. The summed E-state index contributed by atoms with van der Waals surface area (Å²) in [6, 6.07) is 0. The molecule has 3 N–H and O–H groups in total. The molecule has 0 saturated heterocycles. The highest BCUT2D eigenvalue weighted by molar-refractivity contribution is 7.46. The van der Waals surface area contributed by atoms with Crippen molar-refractivity contribution >= 4 is 31.5 Å². The number of esters is 2. The molecule has 0 aliphatic rings. The predicted molar refractivity (Wildman–Crippen MR) is 140 cm³/mol. The van der Waals surface area contributed by atoms with E-state index in [-0.39, 0.29) is 12.8 Å². The Bertz CT molecular complexity index is 760. The maximum atomic E-state index is 12.0. The summed E-state index contributed by atoms with van der Waals surface area (Å²) in [5.74, 6) is -3.35. The fourth-order valence-corrected chi connectivity index (χ4v) is 3.92. The monoisotopic (exact) mass is 564 g/mol. The number of carboxylic acids is 1. The number of aliphatic carboxylic acids is 1. The second-order valence-corrected chi connectivity index (χ2v) is 10.5. The Kier molecular flexibility index (Phi) is 21.6. The van der Waals surface area contributed by atoms with Gasteiger partial charge in [-0.2, -0.15) is 0 Å². The van der Waals surface area contributed by atoms with E-state index in [9.17, 15) is 23.7 Å². The lowest BCUT2D eigenvalue weighted by Gasteiger charge is -2.18. The normalized spacial score (nSPS) is 12.4. The van der Waals surface area contributed by atoms with Crippen molar-refractivity contribution in [3.05, 3.63) is 12.2 Å². The molecule has 0 aromatic carbocycles. The number of rotatable bonds is 25. The molecule has 11 nitrogen and oxygen atoms in total. The molecule has 1 atom stereocenters. The van der Waals surface area contributed by atoms with E-state index in [2.05, 4.69) is 11.4 Å². The molecule has 0 saturated carbocycles. The first-order valence-corrected chi connectivity index (χ1v) is 15.1. The molecule has 0 radical (unpaired) electrons. The summed E-state index contributed by atoms with van der Waals surface area (Å²) in [5, 5.41) is 8.49. The van der Waals surface area contributed by atoms with Crippen molar-refractivity contribution in [2.24, 2.45) is 0 Å². The number of phosphoric ester groups is 1. The molecule has 0 rings (SSSR count). The van der Waals surface area contributed by atoms with Crippen LogP contribution in [-0.4, -0.2) is 57.9 Å². The lowest BCUT2D eigenvalue weighted by atomic mass is 10.0. The zero-order chi connectivity index (χ0) is 28.7. The van der Waals surface area contributed by atoms with Crippen molar-refractivity contribution in [3.63, 3.8) is 0 Å². The van der Waals surface area contributed by atoms with E-state index in [1.54, 1.807) is 0 Å². The summed E-state index contributed by atoms with van der Waals surface area (Å²) >= 11 is 0. The van der Waals surface area contributed by atoms with Crippen LogP contribution < -0.4 is 0 Å². The smallest absolute Gasteiger partial charge is 0.469 e. The van der Waals surface area contributed by atoms with Crippen LogP contribution in [0.2, 0.25) is 0 Å². The van der Waals surface area contributed by atoms with Gasteiger partial charge in [0.05, 0.1) is 13.0 Å². The highest BCUT2D eigenvalue weighted by Crippen LogP contribution is 2.35. The summed E-state index contributed by atoms with van der Waals surface area (Å²) in [4.78, 5) is 63.7. The van der Waals surface area contributed by atoms with Crippen LogP contribution in [0.3, 0.4) is 0 Å². The number of carboxylic acid groups (broad SMARTS) is 1. The summed E-state index contributed by atoms with van der Waals surface area (Å²) in [7, 11) is -4.85. The average Bonchev–Trinajstić information content (AvgIpc) is 2.85. The Morgan fingerprint density at radius 3 is 1.74 bits per heavy atom.